The zero-order valence-corrected chi connectivity index (χ0v) is 11.7. The van der Waals surface area contributed by atoms with Gasteiger partial charge in [0.05, 0.1) is 18.7 Å². The molecule has 1 aromatic carbocycles. The SMILES string of the molecule is CCC(C)[C@H](N)C(=O)NC(CO)Cc1ccccc1. The molecular formula is C15H24N2O2. The van der Waals surface area contributed by atoms with Crippen molar-refractivity contribution < 1.29 is 9.90 Å². The van der Waals surface area contributed by atoms with Crippen molar-refractivity contribution in [3.05, 3.63) is 35.9 Å². The number of carbonyl (C=O) groups is 1. The number of hydrogen-bond donors (Lipinski definition) is 3. The molecule has 2 unspecified atom stereocenters. The molecule has 1 amide bonds. The van der Waals surface area contributed by atoms with E-state index in [1.165, 1.54) is 0 Å². The van der Waals surface area contributed by atoms with Crippen LogP contribution in [0.1, 0.15) is 25.8 Å². The Morgan fingerprint density at radius 3 is 2.53 bits per heavy atom. The highest BCUT2D eigenvalue weighted by Crippen LogP contribution is 2.07. The molecule has 4 nitrogen and oxygen atoms in total. The van der Waals surface area contributed by atoms with E-state index in [1.54, 1.807) is 0 Å². The van der Waals surface area contributed by atoms with Gasteiger partial charge in [-0.05, 0) is 17.9 Å². The normalized spacial score (nSPS) is 15.6. The summed E-state index contributed by atoms with van der Waals surface area (Å²) in [6.45, 7) is 3.87. The molecule has 1 aromatic rings. The molecule has 0 heterocycles. The van der Waals surface area contributed by atoms with Crippen LogP contribution in [0.15, 0.2) is 30.3 Å². The van der Waals surface area contributed by atoms with Crippen LogP contribution >= 0.6 is 0 Å². The predicted molar refractivity (Wildman–Crippen MR) is 76.6 cm³/mol. The maximum absolute atomic E-state index is 12.0. The first-order chi connectivity index (χ1) is 9.08. The number of hydrogen-bond acceptors (Lipinski definition) is 3. The van der Waals surface area contributed by atoms with Gasteiger partial charge in [-0.3, -0.25) is 4.79 Å². The Kier molecular flexibility index (Phi) is 6.53. The first-order valence-corrected chi connectivity index (χ1v) is 6.79. The van der Waals surface area contributed by atoms with Crippen molar-refractivity contribution in [1.82, 2.24) is 5.32 Å². The third-order valence-electron chi connectivity index (χ3n) is 3.45. The summed E-state index contributed by atoms with van der Waals surface area (Å²) in [5.41, 5.74) is 6.96. The third kappa shape index (κ3) is 5.01. The largest absolute Gasteiger partial charge is 0.394 e. The molecule has 4 heteroatoms. The average molecular weight is 264 g/mol. The zero-order valence-electron chi connectivity index (χ0n) is 11.7. The van der Waals surface area contributed by atoms with Gasteiger partial charge in [-0.2, -0.15) is 0 Å². The highest BCUT2D eigenvalue weighted by Gasteiger charge is 2.21. The molecule has 0 spiro atoms. The van der Waals surface area contributed by atoms with Crippen LogP contribution in [0.3, 0.4) is 0 Å². The highest BCUT2D eigenvalue weighted by molar-refractivity contribution is 5.82. The topological polar surface area (TPSA) is 75.4 Å². The Morgan fingerprint density at radius 1 is 1.37 bits per heavy atom. The maximum Gasteiger partial charge on any atom is 0.237 e. The van der Waals surface area contributed by atoms with E-state index >= 15 is 0 Å². The van der Waals surface area contributed by atoms with Gasteiger partial charge < -0.3 is 16.2 Å². The van der Waals surface area contributed by atoms with Gasteiger partial charge in [-0.1, -0.05) is 50.6 Å². The summed E-state index contributed by atoms with van der Waals surface area (Å²) < 4.78 is 0. The minimum absolute atomic E-state index is 0.0894. The van der Waals surface area contributed by atoms with E-state index in [0.29, 0.717) is 6.42 Å². The molecule has 0 fully saturated rings. The van der Waals surface area contributed by atoms with Crippen molar-refractivity contribution in [2.24, 2.45) is 11.7 Å². The lowest BCUT2D eigenvalue weighted by atomic mass is 9.98. The zero-order chi connectivity index (χ0) is 14.3. The summed E-state index contributed by atoms with van der Waals surface area (Å²) in [6.07, 6.45) is 1.47. The van der Waals surface area contributed by atoms with E-state index in [9.17, 15) is 9.90 Å². The summed E-state index contributed by atoms with van der Waals surface area (Å²) >= 11 is 0. The Morgan fingerprint density at radius 2 is 2.00 bits per heavy atom. The quantitative estimate of drug-likeness (QED) is 0.690. The minimum Gasteiger partial charge on any atom is -0.394 e. The lowest BCUT2D eigenvalue weighted by Crippen LogP contribution is -2.50. The van der Waals surface area contributed by atoms with Crippen molar-refractivity contribution >= 4 is 5.91 Å². The van der Waals surface area contributed by atoms with Gasteiger partial charge in [0.1, 0.15) is 0 Å². The van der Waals surface area contributed by atoms with Gasteiger partial charge in [0.15, 0.2) is 0 Å². The van der Waals surface area contributed by atoms with Gasteiger partial charge in [0.25, 0.3) is 0 Å². The van der Waals surface area contributed by atoms with E-state index in [0.717, 1.165) is 12.0 Å². The molecule has 0 aliphatic rings. The van der Waals surface area contributed by atoms with E-state index < -0.39 is 6.04 Å². The monoisotopic (exact) mass is 264 g/mol. The van der Waals surface area contributed by atoms with Crippen molar-refractivity contribution in [3.63, 3.8) is 0 Å². The Balaban J connectivity index is 2.55. The number of rotatable bonds is 7. The number of nitrogens with one attached hydrogen (secondary N) is 1. The van der Waals surface area contributed by atoms with Gasteiger partial charge in [-0.15, -0.1) is 0 Å². The average Bonchev–Trinajstić information content (AvgIpc) is 2.45. The number of carbonyl (C=O) groups excluding carboxylic acids is 1. The standard InChI is InChI=1S/C15H24N2O2/c1-3-11(2)14(16)15(19)17-13(10-18)9-12-7-5-4-6-8-12/h4-8,11,13-14,18H,3,9-10,16H2,1-2H3,(H,17,19)/t11?,13?,14-/m0/s1. The first-order valence-electron chi connectivity index (χ1n) is 6.79. The van der Waals surface area contributed by atoms with Gasteiger partial charge in [0.2, 0.25) is 5.91 Å². The molecule has 4 N–H and O–H groups in total. The van der Waals surface area contributed by atoms with Crippen LogP contribution in [0.4, 0.5) is 0 Å². The van der Waals surface area contributed by atoms with Crippen molar-refractivity contribution in [2.45, 2.75) is 38.8 Å². The molecule has 0 aliphatic heterocycles. The van der Waals surface area contributed by atoms with E-state index in [4.69, 9.17) is 5.73 Å². The second kappa shape index (κ2) is 7.92. The molecule has 0 saturated heterocycles. The number of amides is 1. The van der Waals surface area contributed by atoms with E-state index in [1.807, 2.05) is 44.2 Å². The maximum atomic E-state index is 12.0. The number of nitrogens with two attached hydrogens (primary N) is 1. The second-order valence-electron chi connectivity index (χ2n) is 4.99. The Labute approximate surface area is 115 Å². The molecule has 0 radical (unpaired) electrons. The highest BCUT2D eigenvalue weighted by atomic mass is 16.3. The van der Waals surface area contributed by atoms with Gasteiger partial charge in [0, 0.05) is 0 Å². The van der Waals surface area contributed by atoms with Crippen LogP contribution < -0.4 is 11.1 Å². The molecule has 0 aromatic heterocycles. The van der Waals surface area contributed by atoms with Crippen molar-refractivity contribution in [2.75, 3.05) is 6.61 Å². The summed E-state index contributed by atoms with van der Waals surface area (Å²) in [5.74, 6) is -0.0552. The van der Waals surface area contributed by atoms with E-state index in [2.05, 4.69) is 5.32 Å². The molecule has 0 bridgehead atoms. The fourth-order valence-electron chi connectivity index (χ4n) is 1.87. The van der Waals surface area contributed by atoms with Gasteiger partial charge >= 0.3 is 0 Å². The van der Waals surface area contributed by atoms with Crippen LogP contribution in [0.2, 0.25) is 0 Å². The summed E-state index contributed by atoms with van der Waals surface area (Å²) in [6, 6.07) is 8.97. The summed E-state index contributed by atoms with van der Waals surface area (Å²) in [7, 11) is 0. The predicted octanol–water partition coefficient (Wildman–Crippen LogP) is 1.08. The van der Waals surface area contributed by atoms with Crippen LogP contribution in [0.5, 0.6) is 0 Å². The molecule has 19 heavy (non-hydrogen) atoms. The molecular weight excluding hydrogens is 240 g/mol. The van der Waals surface area contributed by atoms with Gasteiger partial charge in [-0.25, -0.2) is 0 Å². The number of aliphatic hydroxyl groups is 1. The van der Waals surface area contributed by atoms with Crippen molar-refractivity contribution in [1.29, 1.82) is 0 Å². The van der Waals surface area contributed by atoms with Crippen LogP contribution in [0, 0.1) is 5.92 Å². The lowest BCUT2D eigenvalue weighted by Gasteiger charge is -2.22. The van der Waals surface area contributed by atoms with Crippen LogP contribution in [0.25, 0.3) is 0 Å². The van der Waals surface area contributed by atoms with Crippen molar-refractivity contribution in [3.8, 4) is 0 Å². The molecule has 0 aliphatic carbocycles. The number of aliphatic hydroxyl groups excluding tert-OH is 1. The summed E-state index contributed by atoms with van der Waals surface area (Å²) in [5, 5.41) is 12.2. The second-order valence-corrected chi connectivity index (χ2v) is 4.99. The van der Waals surface area contributed by atoms with Crippen LogP contribution in [-0.4, -0.2) is 29.7 Å². The van der Waals surface area contributed by atoms with E-state index in [-0.39, 0.29) is 24.5 Å². The number of benzene rings is 1. The third-order valence-corrected chi connectivity index (χ3v) is 3.45. The minimum atomic E-state index is -0.519. The molecule has 3 atom stereocenters. The Hall–Kier alpha value is -1.39. The molecule has 106 valence electrons. The fourth-order valence-corrected chi connectivity index (χ4v) is 1.87. The fraction of sp³-hybridized carbons (Fsp3) is 0.533. The molecule has 1 rings (SSSR count). The lowest BCUT2D eigenvalue weighted by molar-refractivity contribution is -0.124. The smallest absolute Gasteiger partial charge is 0.237 e. The molecule has 0 saturated carbocycles. The van der Waals surface area contributed by atoms with Crippen LogP contribution in [-0.2, 0) is 11.2 Å². The first kappa shape index (κ1) is 15.7. The Bertz CT molecular complexity index is 381. The summed E-state index contributed by atoms with van der Waals surface area (Å²) in [4.78, 5) is 12.0.